The molecule has 1 amide bonds. The molecule has 0 atom stereocenters. The minimum atomic E-state index is -0.838. The molecule has 9 nitrogen and oxygen atoms in total. The number of morpholine rings is 1. The number of hydrogen-bond donors (Lipinski definition) is 3. The molecule has 1 aliphatic heterocycles. The summed E-state index contributed by atoms with van der Waals surface area (Å²) in [6, 6.07) is 7.27. The molecule has 0 spiro atoms. The van der Waals surface area contributed by atoms with Gasteiger partial charge in [0.1, 0.15) is 0 Å². The Bertz CT molecular complexity index is 822. The predicted molar refractivity (Wildman–Crippen MR) is 82.9 cm³/mol. The first kappa shape index (κ1) is 15.0. The molecule has 0 unspecified atom stereocenters. The largest absolute Gasteiger partial charge is 0.378 e. The van der Waals surface area contributed by atoms with Crippen LogP contribution in [0.5, 0.6) is 0 Å². The van der Waals surface area contributed by atoms with Crippen LogP contribution in [-0.4, -0.2) is 47.4 Å². The van der Waals surface area contributed by atoms with Gasteiger partial charge >= 0.3 is 5.69 Å². The number of H-pyrrole nitrogens is 2. The normalized spacial score (nSPS) is 14.5. The van der Waals surface area contributed by atoms with Gasteiger partial charge in [-0.05, 0) is 12.1 Å². The summed E-state index contributed by atoms with van der Waals surface area (Å²) in [7, 11) is 0. The van der Waals surface area contributed by atoms with Crippen LogP contribution < -0.4 is 21.5 Å². The summed E-state index contributed by atoms with van der Waals surface area (Å²) in [5, 5.41) is 8.18. The number of aromatic nitrogens is 3. The van der Waals surface area contributed by atoms with E-state index in [1.165, 1.54) is 0 Å². The van der Waals surface area contributed by atoms with Gasteiger partial charge in [-0.3, -0.25) is 14.6 Å². The lowest BCUT2D eigenvalue weighted by atomic mass is 10.2. The van der Waals surface area contributed by atoms with E-state index in [0.717, 1.165) is 5.69 Å². The van der Waals surface area contributed by atoms with Gasteiger partial charge in [0.25, 0.3) is 11.5 Å². The first-order valence-electron chi connectivity index (χ1n) is 7.07. The molecule has 120 valence electrons. The zero-order chi connectivity index (χ0) is 16.2. The van der Waals surface area contributed by atoms with Gasteiger partial charge in [0.05, 0.1) is 24.6 Å². The maximum atomic E-state index is 12.2. The van der Waals surface area contributed by atoms with Crippen LogP contribution in [0, 0.1) is 0 Å². The van der Waals surface area contributed by atoms with Gasteiger partial charge in [0.2, 0.25) is 5.69 Å². The number of carbonyl (C=O) groups excluding carboxylic acids is 1. The highest BCUT2D eigenvalue weighted by Crippen LogP contribution is 2.26. The van der Waals surface area contributed by atoms with Crippen LogP contribution in [0.4, 0.5) is 11.4 Å². The van der Waals surface area contributed by atoms with E-state index in [1.807, 2.05) is 22.2 Å². The topological polar surface area (TPSA) is 120 Å². The van der Waals surface area contributed by atoms with Crippen molar-refractivity contribution in [2.75, 3.05) is 36.5 Å². The highest BCUT2D eigenvalue weighted by atomic mass is 16.5. The number of hydrogen-bond acceptors (Lipinski definition) is 6. The van der Waals surface area contributed by atoms with E-state index < -0.39 is 22.9 Å². The van der Waals surface area contributed by atoms with Crippen molar-refractivity contribution in [2.45, 2.75) is 0 Å². The molecular weight excluding hydrogens is 302 g/mol. The summed E-state index contributed by atoms with van der Waals surface area (Å²) in [5.74, 6) is -0.691. The molecule has 0 radical (unpaired) electrons. The number of aromatic amines is 2. The van der Waals surface area contributed by atoms with Gasteiger partial charge in [-0.15, -0.1) is 0 Å². The molecule has 1 fully saturated rings. The minimum Gasteiger partial charge on any atom is -0.378 e. The van der Waals surface area contributed by atoms with Crippen molar-refractivity contribution < 1.29 is 9.53 Å². The third-order valence-corrected chi connectivity index (χ3v) is 3.43. The Morgan fingerprint density at radius 1 is 1.22 bits per heavy atom. The highest BCUT2D eigenvalue weighted by molar-refractivity contribution is 6.04. The summed E-state index contributed by atoms with van der Waals surface area (Å²) in [6.07, 6.45) is 0. The highest BCUT2D eigenvalue weighted by Gasteiger charge is 2.18. The first-order valence-corrected chi connectivity index (χ1v) is 7.07. The Kier molecular flexibility index (Phi) is 4.20. The van der Waals surface area contributed by atoms with Gasteiger partial charge in [0.15, 0.2) is 0 Å². The second-order valence-electron chi connectivity index (χ2n) is 4.93. The molecule has 0 bridgehead atoms. The van der Waals surface area contributed by atoms with Crippen LogP contribution in [0.25, 0.3) is 0 Å². The number of nitrogens with zero attached hydrogens (tertiary/aromatic N) is 2. The summed E-state index contributed by atoms with van der Waals surface area (Å²) < 4.78 is 5.32. The number of anilines is 2. The minimum absolute atomic E-state index is 0.401. The molecule has 0 saturated carbocycles. The summed E-state index contributed by atoms with van der Waals surface area (Å²) in [4.78, 5) is 38.9. The van der Waals surface area contributed by atoms with Crippen molar-refractivity contribution in [3.05, 3.63) is 50.8 Å². The molecular formula is C14H15N5O4. The van der Waals surface area contributed by atoms with Crippen LogP contribution in [0.15, 0.2) is 33.9 Å². The Morgan fingerprint density at radius 3 is 2.70 bits per heavy atom. The third-order valence-electron chi connectivity index (χ3n) is 3.43. The molecule has 2 heterocycles. The second-order valence-corrected chi connectivity index (χ2v) is 4.93. The third kappa shape index (κ3) is 3.29. The van der Waals surface area contributed by atoms with E-state index in [-0.39, 0.29) is 0 Å². The van der Waals surface area contributed by atoms with Crippen molar-refractivity contribution in [2.24, 2.45) is 0 Å². The number of benzene rings is 1. The van der Waals surface area contributed by atoms with Crippen LogP contribution in [0.1, 0.15) is 10.5 Å². The maximum Gasteiger partial charge on any atom is 0.342 e. The molecule has 1 aromatic heterocycles. The molecule has 2 aromatic rings. The van der Waals surface area contributed by atoms with Gasteiger partial charge in [-0.1, -0.05) is 12.1 Å². The number of para-hydroxylation sites is 2. The number of rotatable bonds is 3. The number of ether oxygens (including phenoxy) is 1. The first-order chi connectivity index (χ1) is 11.1. The Morgan fingerprint density at radius 2 is 1.96 bits per heavy atom. The molecule has 1 saturated heterocycles. The smallest absolute Gasteiger partial charge is 0.342 e. The SMILES string of the molecule is O=C(Nc1ccccc1N1CCOCC1)c1n[nH]c(=O)[nH]c1=O. The molecule has 23 heavy (non-hydrogen) atoms. The standard InChI is InChI=1S/C14H15N5O4/c20-12(11-13(21)16-14(22)18-17-11)15-9-3-1-2-4-10(9)19-5-7-23-8-6-19/h1-4H,5-8H2,(H,15,20)(H2,16,18,21,22). The van der Waals surface area contributed by atoms with Crippen molar-refractivity contribution in [3.8, 4) is 0 Å². The molecule has 1 aromatic carbocycles. The van der Waals surface area contributed by atoms with E-state index in [4.69, 9.17) is 4.74 Å². The lowest BCUT2D eigenvalue weighted by Gasteiger charge is -2.30. The molecule has 3 rings (SSSR count). The zero-order valence-corrected chi connectivity index (χ0v) is 12.2. The van der Waals surface area contributed by atoms with Gasteiger partial charge in [-0.25, -0.2) is 9.89 Å². The molecule has 9 heteroatoms. The predicted octanol–water partition coefficient (Wildman–Crippen LogP) is -0.453. The van der Waals surface area contributed by atoms with Crippen molar-refractivity contribution >= 4 is 17.3 Å². The zero-order valence-electron chi connectivity index (χ0n) is 12.2. The fourth-order valence-electron chi connectivity index (χ4n) is 2.34. The van der Waals surface area contributed by atoms with E-state index in [0.29, 0.717) is 32.0 Å². The van der Waals surface area contributed by atoms with Crippen molar-refractivity contribution in [1.82, 2.24) is 15.2 Å². The fourth-order valence-corrected chi connectivity index (χ4v) is 2.34. The summed E-state index contributed by atoms with van der Waals surface area (Å²) >= 11 is 0. The van der Waals surface area contributed by atoms with E-state index >= 15 is 0 Å². The molecule has 0 aliphatic carbocycles. The van der Waals surface area contributed by atoms with E-state index in [9.17, 15) is 14.4 Å². The Labute approximate surface area is 130 Å². The van der Waals surface area contributed by atoms with Crippen LogP contribution in [0.2, 0.25) is 0 Å². The molecule has 1 aliphatic rings. The van der Waals surface area contributed by atoms with Gasteiger partial charge in [0, 0.05) is 13.1 Å². The van der Waals surface area contributed by atoms with Crippen LogP contribution in [-0.2, 0) is 4.74 Å². The lowest BCUT2D eigenvalue weighted by molar-refractivity contribution is 0.101. The number of carbonyl (C=O) groups is 1. The van der Waals surface area contributed by atoms with Crippen molar-refractivity contribution in [1.29, 1.82) is 0 Å². The number of nitrogens with one attached hydrogen (secondary N) is 3. The van der Waals surface area contributed by atoms with Crippen LogP contribution >= 0.6 is 0 Å². The lowest BCUT2D eigenvalue weighted by Crippen LogP contribution is -2.37. The quantitative estimate of drug-likeness (QED) is 0.705. The van der Waals surface area contributed by atoms with Gasteiger partial charge in [-0.2, -0.15) is 5.10 Å². The van der Waals surface area contributed by atoms with Crippen molar-refractivity contribution in [3.63, 3.8) is 0 Å². The Hall–Kier alpha value is -2.94. The number of amides is 1. The van der Waals surface area contributed by atoms with E-state index in [1.54, 1.807) is 12.1 Å². The fraction of sp³-hybridized carbons (Fsp3) is 0.286. The summed E-state index contributed by atoms with van der Waals surface area (Å²) in [6.45, 7) is 2.65. The average molecular weight is 317 g/mol. The summed E-state index contributed by atoms with van der Waals surface area (Å²) in [5.41, 5.74) is -0.603. The van der Waals surface area contributed by atoms with Gasteiger partial charge < -0.3 is 15.0 Å². The molecule has 3 N–H and O–H groups in total. The van der Waals surface area contributed by atoms with Crippen LogP contribution in [0.3, 0.4) is 0 Å². The Balaban J connectivity index is 1.86. The average Bonchev–Trinajstić information content (AvgIpc) is 2.56. The van der Waals surface area contributed by atoms with E-state index in [2.05, 4.69) is 15.3 Å². The maximum absolute atomic E-state index is 12.2. The monoisotopic (exact) mass is 317 g/mol. The second kappa shape index (κ2) is 6.44.